The van der Waals surface area contributed by atoms with E-state index in [1.807, 2.05) is 52.7 Å². The lowest BCUT2D eigenvalue weighted by molar-refractivity contribution is -0.121. The molecule has 0 unspecified atom stereocenters. The van der Waals surface area contributed by atoms with E-state index in [-0.39, 0.29) is 11.8 Å². The topological polar surface area (TPSA) is 52.7 Å². The number of carbonyl (C=O) groups excluding carboxylic acids is 2. The van der Waals surface area contributed by atoms with Crippen LogP contribution in [0, 0.1) is 0 Å². The third-order valence-electron chi connectivity index (χ3n) is 7.01. The maximum atomic E-state index is 13.4. The van der Waals surface area contributed by atoms with Crippen molar-refractivity contribution in [3.05, 3.63) is 82.6 Å². The molecule has 2 amide bonds. The molecule has 6 heteroatoms. The Labute approximate surface area is 199 Å². The van der Waals surface area contributed by atoms with Crippen LogP contribution in [-0.4, -0.2) is 42.9 Å². The number of nitrogens with zero attached hydrogens (tertiary/aromatic N) is 2. The summed E-state index contributed by atoms with van der Waals surface area (Å²) in [5.74, 6) is 0.224. The minimum Gasteiger partial charge on any atom is -0.368 e. The lowest BCUT2D eigenvalue weighted by Gasteiger charge is -2.36. The van der Waals surface area contributed by atoms with Gasteiger partial charge in [0.1, 0.15) is 0 Å². The van der Waals surface area contributed by atoms with Crippen LogP contribution in [0.25, 0.3) is 0 Å². The van der Waals surface area contributed by atoms with Crippen molar-refractivity contribution in [2.24, 2.45) is 0 Å². The third kappa shape index (κ3) is 4.40. The average Bonchev–Trinajstić information content (AvgIpc) is 3.58. The number of thiophene rings is 1. The Hall–Kier alpha value is -3.12. The molecule has 1 N–H and O–H groups in total. The zero-order chi connectivity index (χ0) is 22.7. The summed E-state index contributed by atoms with van der Waals surface area (Å²) < 4.78 is 0. The fourth-order valence-electron chi connectivity index (χ4n) is 5.11. The van der Waals surface area contributed by atoms with Crippen molar-refractivity contribution in [2.75, 3.05) is 36.4 Å². The number of anilines is 2. The van der Waals surface area contributed by atoms with Gasteiger partial charge in [0.25, 0.3) is 5.91 Å². The SMILES string of the molecule is O=C(c1cccs1)N1CCN(c2ccc(NC(=O)C3(c4ccccc4)CCCC3)cc2)CC1. The number of carbonyl (C=O) groups is 2. The fourth-order valence-corrected chi connectivity index (χ4v) is 5.80. The second kappa shape index (κ2) is 9.40. The number of piperazine rings is 1. The van der Waals surface area contributed by atoms with Gasteiger partial charge in [0.15, 0.2) is 0 Å². The van der Waals surface area contributed by atoms with E-state index in [4.69, 9.17) is 0 Å². The minimum absolute atomic E-state index is 0.0969. The van der Waals surface area contributed by atoms with Crippen LogP contribution in [0.15, 0.2) is 72.1 Å². The number of nitrogens with one attached hydrogen (secondary N) is 1. The Morgan fingerprint density at radius 3 is 2.15 bits per heavy atom. The van der Waals surface area contributed by atoms with Crippen LogP contribution in [0.4, 0.5) is 11.4 Å². The highest BCUT2D eigenvalue weighted by Gasteiger charge is 2.42. The minimum atomic E-state index is -0.425. The summed E-state index contributed by atoms with van der Waals surface area (Å²) in [5, 5.41) is 5.12. The molecule has 0 radical (unpaired) electrons. The smallest absolute Gasteiger partial charge is 0.264 e. The van der Waals surface area contributed by atoms with Gasteiger partial charge in [0.05, 0.1) is 10.3 Å². The molecule has 1 aliphatic heterocycles. The summed E-state index contributed by atoms with van der Waals surface area (Å²) in [7, 11) is 0. The molecule has 2 aliphatic rings. The molecule has 170 valence electrons. The van der Waals surface area contributed by atoms with Crippen molar-refractivity contribution in [1.82, 2.24) is 4.90 Å². The van der Waals surface area contributed by atoms with E-state index in [1.54, 1.807) is 0 Å². The molecular weight excluding hydrogens is 430 g/mol. The summed E-state index contributed by atoms with van der Waals surface area (Å²) in [4.78, 5) is 31.0. The molecule has 0 spiro atoms. The first kappa shape index (κ1) is 21.7. The zero-order valence-corrected chi connectivity index (χ0v) is 19.5. The predicted molar refractivity (Wildman–Crippen MR) is 134 cm³/mol. The first-order valence-electron chi connectivity index (χ1n) is 11.7. The van der Waals surface area contributed by atoms with Gasteiger partial charge in [-0.15, -0.1) is 11.3 Å². The van der Waals surface area contributed by atoms with Gasteiger partial charge < -0.3 is 15.1 Å². The van der Waals surface area contributed by atoms with Crippen LogP contribution in [0.2, 0.25) is 0 Å². The van der Waals surface area contributed by atoms with Crippen LogP contribution < -0.4 is 10.2 Å². The van der Waals surface area contributed by atoms with Crippen LogP contribution in [0.5, 0.6) is 0 Å². The first-order chi connectivity index (χ1) is 16.2. The van der Waals surface area contributed by atoms with Crippen LogP contribution in [0.1, 0.15) is 40.9 Å². The molecule has 5 nitrogen and oxygen atoms in total. The lowest BCUT2D eigenvalue weighted by Crippen LogP contribution is -2.48. The molecular formula is C27H29N3O2S. The van der Waals surface area contributed by atoms with Crippen LogP contribution >= 0.6 is 11.3 Å². The molecule has 1 aromatic heterocycles. The Morgan fingerprint density at radius 2 is 1.52 bits per heavy atom. The van der Waals surface area contributed by atoms with E-state index >= 15 is 0 Å². The summed E-state index contributed by atoms with van der Waals surface area (Å²) in [6, 6.07) is 22.1. The molecule has 1 aliphatic carbocycles. The van der Waals surface area contributed by atoms with E-state index < -0.39 is 5.41 Å². The number of hydrogen-bond donors (Lipinski definition) is 1. The molecule has 5 rings (SSSR count). The molecule has 2 fully saturated rings. The van der Waals surface area contributed by atoms with Gasteiger partial charge in [-0.3, -0.25) is 9.59 Å². The molecule has 33 heavy (non-hydrogen) atoms. The second-order valence-corrected chi connectivity index (χ2v) is 9.86. The van der Waals surface area contributed by atoms with Gasteiger partial charge in [0, 0.05) is 37.6 Å². The molecule has 0 atom stereocenters. The van der Waals surface area contributed by atoms with E-state index in [2.05, 4.69) is 34.5 Å². The molecule has 1 saturated carbocycles. The van der Waals surface area contributed by atoms with Gasteiger partial charge in [-0.1, -0.05) is 49.2 Å². The van der Waals surface area contributed by atoms with Crippen molar-refractivity contribution < 1.29 is 9.59 Å². The van der Waals surface area contributed by atoms with Crippen molar-refractivity contribution in [3.63, 3.8) is 0 Å². The van der Waals surface area contributed by atoms with E-state index in [0.29, 0.717) is 0 Å². The van der Waals surface area contributed by atoms with E-state index in [9.17, 15) is 9.59 Å². The summed E-state index contributed by atoms with van der Waals surface area (Å²) in [6.45, 7) is 3.05. The normalized spacial score (nSPS) is 17.7. The van der Waals surface area contributed by atoms with Crippen LogP contribution in [-0.2, 0) is 10.2 Å². The highest BCUT2D eigenvalue weighted by atomic mass is 32.1. The average molecular weight is 460 g/mol. The number of rotatable bonds is 5. The quantitative estimate of drug-likeness (QED) is 0.573. The molecule has 2 aromatic carbocycles. The van der Waals surface area contributed by atoms with Gasteiger partial charge in [-0.25, -0.2) is 0 Å². The van der Waals surface area contributed by atoms with Gasteiger partial charge in [0.2, 0.25) is 5.91 Å². The highest BCUT2D eigenvalue weighted by molar-refractivity contribution is 7.12. The van der Waals surface area contributed by atoms with Crippen molar-refractivity contribution in [2.45, 2.75) is 31.1 Å². The van der Waals surface area contributed by atoms with E-state index in [0.717, 1.165) is 73.7 Å². The Morgan fingerprint density at radius 1 is 0.818 bits per heavy atom. The monoisotopic (exact) mass is 459 g/mol. The second-order valence-electron chi connectivity index (χ2n) is 8.91. The third-order valence-corrected chi connectivity index (χ3v) is 7.87. The van der Waals surface area contributed by atoms with Crippen molar-refractivity contribution in [3.8, 4) is 0 Å². The Bertz CT molecular complexity index is 1080. The first-order valence-corrected chi connectivity index (χ1v) is 12.6. The zero-order valence-electron chi connectivity index (χ0n) is 18.7. The Kier molecular flexibility index (Phi) is 6.18. The number of amides is 2. The summed E-state index contributed by atoms with van der Waals surface area (Å²) in [5.41, 5.74) is 2.64. The number of benzene rings is 2. The standard InChI is InChI=1S/C27H29N3O2S/c31-25(24-9-6-20-33-24)30-18-16-29(17-19-30)23-12-10-22(11-13-23)28-26(32)27(14-4-5-15-27)21-7-2-1-3-8-21/h1-3,6-13,20H,4-5,14-19H2,(H,28,32). The summed E-state index contributed by atoms with van der Waals surface area (Å²) in [6.07, 6.45) is 3.97. The fraction of sp³-hybridized carbons (Fsp3) is 0.333. The van der Waals surface area contributed by atoms with Crippen LogP contribution in [0.3, 0.4) is 0 Å². The number of hydrogen-bond acceptors (Lipinski definition) is 4. The lowest BCUT2D eigenvalue weighted by atomic mass is 9.78. The maximum Gasteiger partial charge on any atom is 0.264 e. The van der Waals surface area contributed by atoms with Gasteiger partial charge in [-0.2, -0.15) is 0 Å². The van der Waals surface area contributed by atoms with Gasteiger partial charge >= 0.3 is 0 Å². The van der Waals surface area contributed by atoms with Crippen molar-refractivity contribution in [1.29, 1.82) is 0 Å². The van der Waals surface area contributed by atoms with E-state index in [1.165, 1.54) is 11.3 Å². The molecule has 1 saturated heterocycles. The molecule has 3 aromatic rings. The highest BCUT2D eigenvalue weighted by Crippen LogP contribution is 2.42. The predicted octanol–water partition coefficient (Wildman–Crippen LogP) is 5.16. The van der Waals surface area contributed by atoms with Crippen molar-refractivity contribution >= 4 is 34.5 Å². The van der Waals surface area contributed by atoms with Gasteiger partial charge in [-0.05, 0) is 54.1 Å². The molecule has 0 bridgehead atoms. The molecule has 2 heterocycles. The maximum absolute atomic E-state index is 13.4. The Balaban J connectivity index is 1.21. The summed E-state index contributed by atoms with van der Waals surface area (Å²) >= 11 is 1.50. The largest absolute Gasteiger partial charge is 0.368 e.